The predicted molar refractivity (Wildman–Crippen MR) is 53.7 cm³/mol. The Balaban J connectivity index is 3.22. The smallest absolute Gasteiger partial charge is 0.313 e. The van der Waals surface area contributed by atoms with Gasteiger partial charge < -0.3 is 5.32 Å². The predicted octanol–water partition coefficient (Wildman–Crippen LogP) is 2.41. The van der Waals surface area contributed by atoms with Gasteiger partial charge in [0, 0.05) is 17.8 Å². The zero-order valence-corrected chi connectivity index (χ0v) is 9.34. The van der Waals surface area contributed by atoms with Crippen molar-refractivity contribution < 1.29 is 13.2 Å². The number of hydrogen-bond acceptors (Lipinski definition) is 3. The molecule has 0 amide bonds. The SMILES string of the molecule is CNC(c1cncnc1C(F)(F)F)C(C)C. The van der Waals surface area contributed by atoms with Gasteiger partial charge in [0.05, 0.1) is 0 Å². The lowest BCUT2D eigenvalue weighted by molar-refractivity contribution is -0.142. The van der Waals surface area contributed by atoms with E-state index in [2.05, 4.69) is 15.3 Å². The van der Waals surface area contributed by atoms with Crippen molar-refractivity contribution in [3.05, 3.63) is 23.8 Å². The normalized spacial score (nSPS) is 14.2. The van der Waals surface area contributed by atoms with Crippen LogP contribution in [0.2, 0.25) is 0 Å². The van der Waals surface area contributed by atoms with Crippen LogP contribution in [0, 0.1) is 5.92 Å². The van der Waals surface area contributed by atoms with Crippen LogP contribution in [0.15, 0.2) is 12.5 Å². The molecule has 1 unspecified atom stereocenters. The first-order valence-corrected chi connectivity index (χ1v) is 4.92. The van der Waals surface area contributed by atoms with Gasteiger partial charge in [-0.1, -0.05) is 13.8 Å². The molecule has 1 heterocycles. The second kappa shape index (κ2) is 4.78. The van der Waals surface area contributed by atoms with E-state index in [0.717, 1.165) is 6.33 Å². The van der Waals surface area contributed by atoms with Crippen LogP contribution in [0.1, 0.15) is 31.1 Å². The standard InChI is InChI=1S/C10H14F3N3/c1-6(2)8(14-3)7-4-15-5-16-9(7)10(11,12)13/h4-6,8,14H,1-3H3. The van der Waals surface area contributed by atoms with Crippen molar-refractivity contribution >= 4 is 0 Å². The summed E-state index contributed by atoms with van der Waals surface area (Å²) in [5.41, 5.74) is -0.775. The fraction of sp³-hybridized carbons (Fsp3) is 0.600. The van der Waals surface area contributed by atoms with Crippen molar-refractivity contribution in [1.29, 1.82) is 0 Å². The Bertz CT molecular complexity index is 349. The molecule has 0 aliphatic rings. The van der Waals surface area contributed by atoms with Gasteiger partial charge in [-0.05, 0) is 13.0 Å². The van der Waals surface area contributed by atoms with Crippen LogP contribution in [-0.2, 0) is 6.18 Å². The molecule has 1 rings (SSSR count). The Morgan fingerprint density at radius 1 is 1.31 bits per heavy atom. The molecule has 0 radical (unpaired) electrons. The van der Waals surface area contributed by atoms with E-state index in [1.165, 1.54) is 6.20 Å². The van der Waals surface area contributed by atoms with E-state index in [1.807, 2.05) is 13.8 Å². The lowest BCUT2D eigenvalue weighted by Gasteiger charge is -2.22. The van der Waals surface area contributed by atoms with E-state index >= 15 is 0 Å². The first-order valence-electron chi connectivity index (χ1n) is 4.92. The number of rotatable bonds is 3. The molecule has 6 heteroatoms. The number of nitrogens with zero attached hydrogens (tertiary/aromatic N) is 2. The van der Waals surface area contributed by atoms with E-state index in [0.29, 0.717) is 0 Å². The average Bonchev–Trinajstić information content (AvgIpc) is 2.17. The molecule has 0 aliphatic heterocycles. The highest BCUT2D eigenvalue weighted by molar-refractivity contribution is 5.23. The van der Waals surface area contributed by atoms with Gasteiger partial charge in [-0.25, -0.2) is 9.97 Å². The average molecular weight is 233 g/mol. The molecule has 0 saturated heterocycles. The molecule has 0 fully saturated rings. The second-order valence-corrected chi connectivity index (χ2v) is 3.83. The molecule has 16 heavy (non-hydrogen) atoms. The molecular formula is C10H14F3N3. The second-order valence-electron chi connectivity index (χ2n) is 3.83. The maximum absolute atomic E-state index is 12.7. The largest absolute Gasteiger partial charge is 0.433 e. The minimum atomic E-state index is -4.44. The monoisotopic (exact) mass is 233 g/mol. The van der Waals surface area contributed by atoms with E-state index in [4.69, 9.17) is 0 Å². The Hall–Kier alpha value is -1.17. The quantitative estimate of drug-likeness (QED) is 0.871. The topological polar surface area (TPSA) is 37.8 Å². The third kappa shape index (κ3) is 2.69. The van der Waals surface area contributed by atoms with Crippen molar-refractivity contribution in [2.24, 2.45) is 5.92 Å². The van der Waals surface area contributed by atoms with Gasteiger partial charge in [0.15, 0.2) is 5.69 Å². The van der Waals surface area contributed by atoms with Crippen LogP contribution in [-0.4, -0.2) is 17.0 Å². The summed E-state index contributed by atoms with van der Waals surface area (Å²) in [5.74, 6) is 0.0251. The van der Waals surface area contributed by atoms with Crippen LogP contribution in [0.4, 0.5) is 13.2 Å². The van der Waals surface area contributed by atoms with Crippen LogP contribution in [0.5, 0.6) is 0 Å². The molecule has 3 nitrogen and oxygen atoms in total. The molecule has 0 aromatic carbocycles. The summed E-state index contributed by atoms with van der Waals surface area (Å²) in [7, 11) is 1.62. The summed E-state index contributed by atoms with van der Waals surface area (Å²) in [4.78, 5) is 6.98. The summed E-state index contributed by atoms with van der Waals surface area (Å²) >= 11 is 0. The summed E-state index contributed by atoms with van der Waals surface area (Å²) in [5, 5.41) is 2.85. The molecule has 1 N–H and O–H groups in total. The maximum atomic E-state index is 12.7. The zero-order chi connectivity index (χ0) is 12.3. The molecule has 1 aromatic heterocycles. The van der Waals surface area contributed by atoms with E-state index < -0.39 is 17.9 Å². The minimum Gasteiger partial charge on any atom is -0.313 e. The first-order chi connectivity index (χ1) is 7.38. The number of hydrogen-bond donors (Lipinski definition) is 1. The number of alkyl halides is 3. The third-order valence-electron chi connectivity index (χ3n) is 2.32. The summed E-state index contributed by atoms with van der Waals surface area (Å²) in [6, 6.07) is -0.405. The molecule has 0 aliphatic carbocycles. The highest BCUT2D eigenvalue weighted by atomic mass is 19.4. The van der Waals surface area contributed by atoms with Gasteiger partial charge in [0.2, 0.25) is 0 Å². The summed E-state index contributed by atoms with van der Waals surface area (Å²) < 4.78 is 38.1. The van der Waals surface area contributed by atoms with Crippen molar-refractivity contribution in [2.75, 3.05) is 7.05 Å². The Morgan fingerprint density at radius 2 is 1.94 bits per heavy atom. The van der Waals surface area contributed by atoms with Crippen molar-refractivity contribution in [3.8, 4) is 0 Å². The van der Waals surface area contributed by atoms with E-state index in [1.54, 1.807) is 7.05 Å². The third-order valence-corrected chi connectivity index (χ3v) is 2.32. The zero-order valence-electron chi connectivity index (χ0n) is 9.34. The van der Waals surface area contributed by atoms with Crippen molar-refractivity contribution in [3.63, 3.8) is 0 Å². The van der Waals surface area contributed by atoms with Crippen LogP contribution in [0.3, 0.4) is 0 Å². The van der Waals surface area contributed by atoms with E-state index in [-0.39, 0.29) is 11.5 Å². The van der Waals surface area contributed by atoms with E-state index in [9.17, 15) is 13.2 Å². The Kier molecular flexibility index (Phi) is 3.85. The van der Waals surface area contributed by atoms with Gasteiger partial charge in [-0.15, -0.1) is 0 Å². The van der Waals surface area contributed by atoms with Crippen molar-refractivity contribution in [1.82, 2.24) is 15.3 Å². The molecule has 90 valence electrons. The van der Waals surface area contributed by atoms with Crippen LogP contribution in [0.25, 0.3) is 0 Å². The molecular weight excluding hydrogens is 219 g/mol. The van der Waals surface area contributed by atoms with Gasteiger partial charge in [0.1, 0.15) is 6.33 Å². The molecule has 0 spiro atoms. The molecule has 0 saturated carbocycles. The van der Waals surface area contributed by atoms with Crippen molar-refractivity contribution in [2.45, 2.75) is 26.1 Å². The fourth-order valence-electron chi connectivity index (χ4n) is 1.65. The van der Waals surface area contributed by atoms with Gasteiger partial charge in [0.25, 0.3) is 0 Å². The van der Waals surface area contributed by atoms with Gasteiger partial charge >= 0.3 is 6.18 Å². The lowest BCUT2D eigenvalue weighted by Crippen LogP contribution is -2.26. The fourth-order valence-corrected chi connectivity index (χ4v) is 1.65. The molecule has 0 bridgehead atoms. The Labute approximate surface area is 92.1 Å². The minimum absolute atomic E-state index is 0.0251. The molecule has 1 atom stereocenters. The highest BCUT2D eigenvalue weighted by Crippen LogP contribution is 2.34. The van der Waals surface area contributed by atoms with Crippen LogP contribution < -0.4 is 5.32 Å². The number of nitrogens with one attached hydrogen (secondary N) is 1. The number of aromatic nitrogens is 2. The van der Waals surface area contributed by atoms with Gasteiger partial charge in [-0.3, -0.25) is 0 Å². The lowest BCUT2D eigenvalue weighted by atomic mass is 9.96. The summed E-state index contributed by atoms with van der Waals surface area (Å²) in [6.45, 7) is 3.68. The van der Waals surface area contributed by atoms with Gasteiger partial charge in [-0.2, -0.15) is 13.2 Å². The highest BCUT2D eigenvalue weighted by Gasteiger charge is 2.37. The summed E-state index contributed by atoms with van der Waals surface area (Å²) in [6.07, 6.45) is -2.31. The molecule has 1 aromatic rings. The Morgan fingerprint density at radius 3 is 2.38 bits per heavy atom. The van der Waals surface area contributed by atoms with Crippen LogP contribution >= 0.6 is 0 Å². The number of halogens is 3. The maximum Gasteiger partial charge on any atom is 0.433 e. The first kappa shape index (κ1) is 12.9.